The molecule has 0 atom stereocenters. The molecule has 31 heavy (non-hydrogen) atoms. The summed E-state index contributed by atoms with van der Waals surface area (Å²) in [5.41, 5.74) is 2.62. The number of fused-ring (bicyclic) bond motifs is 1. The van der Waals surface area contributed by atoms with Gasteiger partial charge < -0.3 is 9.73 Å². The zero-order valence-electron chi connectivity index (χ0n) is 15.7. The lowest BCUT2D eigenvalue weighted by Gasteiger charge is -2.03. The van der Waals surface area contributed by atoms with E-state index >= 15 is 0 Å². The van der Waals surface area contributed by atoms with Gasteiger partial charge in [-0.1, -0.05) is 41.4 Å². The molecule has 0 spiro atoms. The number of halogens is 2. The summed E-state index contributed by atoms with van der Waals surface area (Å²) >= 11 is 12.2. The van der Waals surface area contributed by atoms with Crippen molar-refractivity contribution in [2.75, 3.05) is 5.32 Å². The molecule has 1 N–H and O–H groups in total. The number of nitro benzene ring substituents is 1. The first-order valence-corrected chi connectivity index (χ1v) is 9.74. The maximum atomic E-state index is 12.3. The minimum absolute atomic E-state index is 0.0463. The highest BCUT2D eigenvalue weighted by Crippen LogP contribution is 2.32. The second-order valence-corrected chi connectivity index (χ2v) is 7.35. The lowest BCUT2D eigenvalue weighted by atomic mass is 10.2. The zero-order valence-corrected chi connectivity index (χ0v) is 17.2. The minimum atomic E-state index is -0.490. The Labute approximate surface area is 186 Å². The van der Waals surface area contributed by atoms with Crippen LogP contribution in [0.25, 0.3) is 28.6 Å². The second-order valence-electron chi connectivity index (χ2n) is 6.51. The van der Waals surface area contributed by atoms with Gasteiger partial charge >= 0.3 is 0 Å². The summed E-state index contributed by atoms with van der Waals surface area (Å²) in [4.78, 5) is 27.0. The molecule has 0 aliphatic carbocycles. The van der Waals surface area contributed by atoms with E-state index in [4.69, 9.17) is 27.6 Å². The fourth-order valence-corrected chi connectivity index (χ4v) is 3.43. The van der Waals surface area contributed by atoms with E-state index < -0.39 is 10.8 Å². The molecule has 0 saturated heterocycles. The number of hydrogen-bond donors (Lipinski definition) is 1. The number of nitrogens with one attached hydrogen (secondary N) is 1. The smallest absolute Gasteiger partial charge is 0.270 e. The quantitative estimate of drug-likeness (QED) is 0.215. The fourth-order valence-electron chi connectivity index (χ4n) is 2.91. The standard InChI is InChI=1S/C22H13Cl2N3O4/c23-15-11-18(24)21-19(12-15)26-22(31-21)14-4-2-5-16(10-14)25-20(28)8-7-13-3-1-6-17(9-13)27(29)30/h1-12H,(H,25,28). The maximum absolute atomic E-state index is 12.3. The van der Waals surface area contributed by atoms with Gasteiger partial charge in [-0.15, -0.1) is 0 Å². The van der Waals surface area contributed by atoms with E-state index in [9.17, 15) is 14.9 Å². The Morgan fingerprint density at radius 2 is 1.90 bits per heavy atom. The van der Waals surface area contributed by atoms with E-state index in [1.807, 2.05) is 0 Å². The highest BCUT2D eigenvalue weighted by Gasteiger charge is 2.13. The van der Waals surface area contributed by atoms with Crippen LogP contribution in [-0.4, -0.2) is 15.8 Å². The van der Waals surface area contributed by atoms with Gasteiger partial charge in [0, 0.05) is 34.5 Å². The van der Waals surface area contributed by atoms with Gasteiger partial charge in [0.25, 0.3) is 5.69 Å². The summed E-state index contributed by atoms with van der Waals surface area (Å²) in [6.07, 6.45) is 2.80. The van der Waals surface area contributed by atoms with Gasteiger partial charge in [0.2, 0.25) is 11.8 Å². The van der Waals surface area contributed by atoms with E-state index in [-0.39, 0.29) is 5.69 Å². The number of non-ortho nitro benzene ring substituents is 1. The van der Waals surface area contributed by atoms with Crippen molar-refractivity contribution >= 4 is 57.7 Å². The number of nitrogens with zero attached hydrogens (tertiary/aromatic N) is 2. The molecule has 4 rings (SSSR count). The molecule has 7 nitrogen and oxygen atoms in total. The Balaban J connectivity index is 1.52. The van der Waals surface area contributed by atoms with Gasteiger partial charge in [0.15, 0.2) is 5.58 Å². The van der Waals surface area contributed by atoms with Crippen molar-refractivity contribution in [2.24, 2.45) is 0 Å². The van der Waals surface area contributed by atoms with Gasteiger partial charge in [0.05, 0.1) is 9.95 Å². The lowest BCUT2D eigenvalue weighted by molar-refractivity contribution is -0.384. The fraction of sp³-hybridized carbons (Fsp3) is 0. The van der Waals surface area contributed by atoms with Crippen LogP contribution in [0.4, 0.5) is 11.4 Å². The Bertz CT molecular complexity index is 1350. The van der Waals surface area contributed by atoms with E-state index in [2.05, 4.69) is 10.3 Å². The lowest BCUT2D eigenvalue weighted by Crippen LogP contribution is -2.07. The largest absolute Gasteiger partial charge is 0.435 e. The van der Waals surface area contributed by atoms with Gasteiger partial charge in [-0.3, -0.25) is 14.9 Å². The van der Waals surface area contributed by atoms with Crippen LogP contribution in [0.2, 0.25) is 10.0 Å². The van der Waals surface area contributed by atoms with E-state index in [1.54, 1.807) is 48.5 Å². The average Bonchev–Trinajstić information content (AvgIpc) is 3.17. The summed E-state index contributed by atoms with van der Waals surface area (Å²) < 4.78 is 5.75. The number of hydrogen-bond acceptors (Lipinski definition) is 5. The number of carbonyl (C=O) groups is 1. The number of oxazole rings is 1. The van der Waals surface area contributed by atoms with E-state index in [0.717, 1.165) is 0 Å². The summed E-state index contributed by atoms with van der Waals surface area (Å²) in [6, 6.07) is 16.2. The molecular weight excluding hydrogens is 441 g/mol. The SMILES string of the molecule is O=C(C=Cc1cccc([N+](=O)[O-])c1)Nc1cccc(-c2nc3cc(Cl)cc(Cl)c3o2)c1. The molecule has 1 amide bonds. The Morgan fingerprint density at radius 1 is 1.10 bits per heavy atom. The molecule has 9 heteroatoms. The number of aromatic nitrogens is 1. The number of anilines is 1. The molecule has 0 fully saturated rings. The number of carbonyl (C=O) groups excluding carboxylic acids is 1. The number of nitro groups is 1. The first kappa shape index (κ1) is 20.6. The Hall–Kier alpha value is -3.68. The predicted octanol–water partition coefficient (Wildman–Crippen LogP) is 6.36. The van der Waals surface area contributed by atoms with Crippen LogP contribution >= 0.6 is 23.2 Å². The van der Waals surface area contributed by atoms with Crippen molar-refractivity contribution in [2.45, 2.75) is 0 Å². The molecular formula is C22H13Cl2N3O4. The Kier molecular flexibility index (Phi) is 5.70. The third kappa shape index (κ3) is 4.74. The van der Waals surface area contributed by atoms with Gasteiger partial charge in [-0.2, -0.15) is 0 Å². The molecule has 0 aliphatic rings. The normalized spacial score (nSPS) is 11.2. The molecule has 1 aromatic heterocycles. The van der Waals surface area contributed by atoms with Crippen LogP contribution in [-0.2, 0) is 4.79 Å². The number of amides is 1. The van der Waals surface area contributed by atoms with Crippen molar-refractivity contribution in [3.63, 3.8) is 0 Å². The zero-order chi connectivity index (χ0) is 22.0. The summed E-state index contributed by atoms with van der Waals surface area (Å²) in [5.74, 6) is -0.0570. The Morgan fingerprint density at radius 3 is 2.71 bits per heavy atom. The van der Waals surface area contributed by atoms with Crippen LogP contribution < -0.4 is 5.32 Å². The third-order valence-electron chi connectivity index (χ3n) is 4.29. The van der Waals surface area contributed by atoms with Crippen LogP contribution in [0.5, 0.6) is 0 Å². The molecule has 4 aromatic rings. The van der Waals surface area contributed by atoms with Crippen molar-refractivity contribution in [3.05, 3.63) is 92.5 Å². The van der Waals surface area contributed by atoms with Crippen molar-refractivity contribution < 1.29 is 14.1 Å². The summed E-state index contributed by atoms with van der Waals surface area (Å²) in [7, 11) is 0. The first-order chi connectivity index (χ1) is 14.9. The van der Waals surface area contributed by atoms with Crippen molar-refractivity contribution in [1.29, 1.82) is 0 Å². The van der Waals surface area contributed by atoms with Crippen LogP contribution in [0.1, 0.15) is 5.56 Å². The summed E-state index contributed by atoms with van der Waals surface area (Å²) in [6.45, 7) is 0. The molecule has 154 valence electrons. The van der Waals surface area contributed by atoms with Crippen LogP contribution in [0.15, 0.2) is 71.2 Å². The summed E-state index contributed by atoms with van der Waals surface area (Å²) in [5, 5.41) is 14.4. The molecule has 1 heterocycles. The molecule has 0 aliphatic heterocycles. The number of benzene rings is 3. The van der Waals surface area contributed by atoms with E-state index in [0.29, 0.717) is 43.9 Å². The van der Waals surface area contributed by atoms with Crippen molar-refractivity contribution in [3.8, 4) is 11.5 Å². The van der Waals surface area contributed by atoms with Gasteiger partial charge in [-0.05, 0) is 42.0 Å². The molecule has 0 radical (unpaired) electrons. The highest BCUT2D eigenvalue weighted by molar-refractivity contribution is 6.38. The molecule has 3 aromatic carbocycles. The second kappa shape index (κ2) is 8.59. The highest BCUT2D eigenvalue weighted by atomic mass is 35.5. The van der Waals surface area contributed by atoms with E-state index in [1.165, 1.54) is 24.3 Å². The van der Waals surface area contributed by atoms with Gasteiger partial charge in [0.1, 0.15) is 5.52 Å². The number of rotatable bonds is 5. The molecule has 0 saturated carbocycles. The molecule has 0 unspecified atom stereocenters. The first-order valence-electron chi connectivity index (χ1n) is 8.98. The maximum Gasteiger partial charge on any atom is 0.270 e. The monoisotopic (exact) mass is 453 g/mol. The minimum Gasteiger partial charge on any atom is -0.435 e. The van der Waals surface area contributed by atoms with Gasteiger partial charge in [-0.25, -0.2) is 4.98 Å². The van der Waals surface area contributed by atoms with Crippen molar-refractivity contribution in [1.82, 2.24) is 4.98 Å². The predicted molar refractivity (Wildman–Crippen MR) is 120 cm³/mol. The van der Waals surface area contributed by atoms with Crippen LogP contribution in [0.3, 0.4) is 0 Å². The van der Waals surface area contributed by atoms with Crippen LogP contribution in [0, 0.1) is 10.1 Å². The molecule has 0 bridgehead atoms. The topological polar surface area (TPSA) is 98.3 Å². The average molecular weight is 454 g/mol. The third-order valence-corrected chi connectivity index (χ3v) is 4.79.